The molecule has 0 N–H and O–H groups in total. The minimum Gasteiger partial charge on any atom is -0.369 e. The summed E-state index contributed by atoms with van der Waals surface area (Å²) < 4.78 is 9.73. The summed E-state index contributed by atoms with van der Waals surface area (Å²) in [5.74, 6) is 0. The molecule has 1 saturated heterocycles. The number of fused-ring (bicyclic) bond motifs is 1. The van der Waals surface area contributed by atoms with Gasteiger partial charge in [-0.1, -0.05) is 41.6 Å². The van der Waals surface area contributed by atoms with E-state index in [1.54, 1.807) is 0 Å². The number of pyridine rings is 1. The molecule has 28 heavy (non-hydrogen) atoms. The van der Waals surface area contributed by atoms with Crippen molar-refractivity contribution in [3.8, 4) is 11.1 Å². The number of nitrogens with zero attached hydrogens (tertiary/aromatic N) is 6. The Balaban J connectivity index is 1.38. The van der Waals surface area contributed by atoms with Crippen molar-refractivity contribution in [2.45, 2.75) is 12.6 Å². The second-order valence-corrected chi connectivity index (χ2v) is 7.21. The zero-order valence-electron chi connectivity index (χ0n) is 15.8. The van der Waals surface area contributed by atoms with E-state index in [1.807, 2.05) is 46.8 Å². The van der Waals surface area contributed by atoms with E-state index < -0.39 is 0 Å². The molecule has 1 aliphatic heterocycles. The molecule has 4 heterocycles. The number of benzene rings is 1. The minimum absolute atomic E-state index is 0.0782. The van der Waals surface area contributed by atoms with Crippen LogP contribution in [0.3, 0.4) is 0 Å². The van der Waals surface area contributed by atoms with E-state index in [9.17, 15) is 0 Å². The topological polar surface area (TPSA) is 60.5 Å². The van der Waals surface area contributed by atoms with Gasteiger partial charge in [0.15, 0.2) is 0 Å². The van der Waals surface area contributed by atoms with Gasteiger partial charge in [0, 0.05) is 50.2 Å². The second-order valence-electron chi connectivity index (χ2n) is 7.21. The Bertz CT molecular complexity index is 1090. The van der Waals surface area contributed by atoms with Gasteiger partial charge in [-0.15, -0.1) is 5.10 Å². The molecule has 1 fully saturated rings. The molecule has 0 amide bonds. The van der Waals surface area contributed by atoms with Gasteiger partial charge in [0.1, 0.15) is 11.8 Å². The largest absolute Gasteiger partial charge is 0.369 e. The van der Waals surface area contributed by atoms with Crippen molar-refractivity contribution >= 4 is 5.52 Å². The number of hydrogen-bond donors (Lipinski definition) is 0. The molecule has 1 atom stereocenters. The summed E-state index contributed by atoms with van der Waals surface area (Å²) in [7, 11) is 1.94. The van der Waals surface area contributed by atoms with Crippen molar-refractivity contribution in [3.05, 3.63) is 72.3 Å². The molecule has 0 saturated carbocycles. The molecule has 4 aromatic rings. The molecule has 7 nitrogen and oxygen atoms in total. The summed E-state index contributed by atoms with van der Waals surface area (Å²) >= 11 is 0. The van der Waals surface area contributed by atoms with Crippen molar-refractivity contribution < 1.29 is 4.74 Å². The summed E-state index contributed by atoms with van der Waals surface area (Å²) in [5.41, 5.74) is 5.39. The third-order valence-electron chi connectivity index (χ3n) is 5.17. The predicted molar refractivity (Wildman–Crippen MR) is 106 cm³/mol. The fraction of sp³-hybridized carbons (Fsp3) is 0.286. The van der Waals surface area contributed by atoms with Crippen LogP contribution in [-0.2, 0) is 18.3 Å². The Morgan fingerprint density at radius 3 is 2.79 bits per heavy atom. The average Bonchev–Trinajstić information content (AvgIpc) is 3.34. The van der Waals surface area contributed by atoms with Crippen LogP contribution in [0.2, 0.25) is 0 Å². The van der Waals surface area contributed by atoms with Gasteiger partial charge in [-0.05, 0) is 11.6 Å². The SMILES string of the molecule is Cn1cc(CN2CCO[C@H](c3nnn4cc(-c5ccccc5)ccc34)C2)cn1. The maximum atomic E-state index is 6.04. The Hall–Kier alpha value is -3.03. The lowest BCUT2D eigenvalue weighted by atomic mass is 10.1. The van der Waals surface area contributed by atoms with Crippen LogP contribution >= 0.6 is 0 Å². The summed E-state index contributed by atoms with van der Waals surface area (Å²) in [5, 5.41) is 13.0. The minimum atomic E-state index is -0.0782. The first-order chi connectivity index (χ1) is 13.8. The van der Waals surface area contributed by atoms with E-state index in [2.05, 4.69) is 50.8 Å². The molecule has 0 unspecified atom stereocenters. The van der Waals surface area contributed by atoms with Gasteiger partial charge < -0.3 is 4.74 Å². The van der Waals surface area contributed by atoms with Crippen LogP contribution < -0.4 is 0 Å². The number of aryl methyl sites for hydroxylation is 1. The molecule has 7 heteroatoms. The van der Waals surface area contributed by atoms with Gasteiger partial charge in [0.2, 0.25) is 0 Å². The number of ether oxygens (including phenoxy) is 1. The lowest BCUT2D eigenvalue weighted by Gasteiger charge is -2.31. The standard InChI is InChI=1S/C21H22N6O/c1-25-12-16(11-22-25)13-26-9-10-28-20(15-26)21-19-8-7-18(14-27(19)24-23-21)17-5-3-2-4-6-17/h2-8,11-12,14,20H,9-10,13,15H2,1H3/t20-/m0/s1. The average molecular weight is 374 g/mol. The molecule has 142 valence electrons. The van der Waals surface area contributed by atoms with E-state index in [-0.39, 0.29) is 6.10 Å². The van der Waals surface area contributed by atoms with E-state index in [1.165, 1.54) is 5.56 Å². The van der Waals surface area contributed by atoms with E-state index in [0.717, 1.165) is 42.0 Å². The number of morpholine rings is 1. The molecule has 0 radical (unpaired) electrons. The summed E-state index contributed by atoms with van der Waals surface area (Å²) in [6, 6.07) is 14.5. The summed E-state index contributed by atoms with van der Waals surface area (Å²) in [6.45, 7) is 3.25. The zero-order valence-corrected chi connectivity index (χ0v) is 15.8. The van der Waals surface area contributed by atoms with Crippen LogP contribution in [0.15, 0.2) is 61.1 Å². The van der Waals surface area contributed by atoms with Crippen molar-refractivity contribution in [1.82, 2.24) is 29.5 Å². The van der Waals surface area contributed by atoms with Gasteiger partial charge in [0.05, 0.1) is 18.3 Å². The van der Waals surface area contributed by atoms with Gasteiger partial charge in [-0.3, -0.25) is 9.58 Å². The van der Waals surface area contributed by atoms with Crippen LogP contribution in [0.1, 0.15) is 17.4 Å². The van der Waals surface area contributed by atoms with E-state index in [0.29, 0.717) is 6.61 Å². The molecular formula is C21H22N6O. The van der Waals surface area contributed by atoms with Crippen LogP contribution in [-0.4, -0.2) is 49.2 Å². The molecule has 1 aliphatic rings. The first-order valence-electron chi connectivity index (χ1n) is 9.48. The highest BCUT2D eigenvalue weighted by Crippen LogP contribution is 2.27. The second kappa shape index (κ2) is 7.18. The third kappa shape index (κ3) is 3.30. The Morgan fingerprint density at radius 1 is 1.07 bits per heavy atom. The first kappa shape index (κ1) is 17.1. The number of rotatable bonds is 4. The molecule has 0 spiro atoms. The highest BCUT2D eigenvalue weighted by Gasteiger charge is 2.26. The van der Waals surface area contributed by atoms with Gasteiger partial charge in [0.25, 0.3) is 0 Å². The number of hydrogen-bond acceptors (Lipinski definition) is 5. The fourth-order valence-corrected chi connectivity index (χ4v) is 3.77. The molecular weight excluding hydrogens is 352 g/mol. The molecule has 1 aromatic carbocycles. The van der Waals surface area contributed by atoms with Gasteiger partial charge in [-0.2, -0.15) is 5.10 Å². The van der Waals surface area contributed by atoms with Crippen molar-refractivity contribution in [2.24, 2.45) is 7.05 Å². The van der Waals surface area contributed by atoms with Crippen molar-refractivity contribution in [3.63, 3.8) is 0 Å². The molecule has 5 rings (SSSR count). The first-order valence-corrected chi connectivity index (χ1v) is 9.48. The van der Waals surface area contributed by atoms with Crippen molar-refractivity contribution in [2.75, 3.05) is 19.7 Å². The Morgan fingerprint density at radius 2 is 1.96 bits per heavy atom. The molecule has 0 aliphatic carbocycles. The summed E-state index contributed by atoms with van der Waals surface area (Å²) in [6.07, 6.45) is 5.93. The quantitative estimate of drug-likeness (QED) is 0.550. The highest BCUT2D eigenvalue weighted by atomic mass is 16.5. The zero-order chi connectivity index (χ0) is 18.9. The highest BCUT2D eigenvalue weighted by molar-refractivity contribution is 5.66. The van der Waals surface area contributed by atoms with Crippen LogP contribution in [0.25, 0.3) is 16.6 Å². The van der Waals surface area contributed by atoms with E-state index >= 15 is 0 Å². The maximum Gasteiger partial charge on any atom is 0.121 e. The normalized spacial score (nSPS) is 18.0. The van der Waals surface area contributed by atoms with Gasteiger partial charge >= 0.3 is 0 Å². The molecule has 0 bridgehead atoms. The maximum absolute atomic E-state index is 6.04. The van der Waals surface area contributed by atoms with E-state index in [4.69, 9.17) is 4.74 Å². The Labute approximate surface area is 163 Å². The van der Waals surface area contributed by atoms with Crippen LogP contribution in [0.5, 0.6) is 0 Å². The Kier molecular flexibility index (Phi) is 4.38. The monoisotopic (exact) mass is 374 g/mol. The number of aromatic nitrogens is 5. The van der Waals surface area contributed by atoms with Crippen LogP contribution in [0, 0.1) is 0 Å². The molecule has 3 aromatic heterocycles. The fourth-order valence-electron chi connectivity index (χ4n) is 3.77. The van der Waals surface area contributed by atoms with Crippen molar-refractivity contribution in [1.29, 1.82) is 0 Å². The van der Waals surface area contributed by atoms with Crippen LogP contribution in [0.4, 0.5) is 0 Å². The smallest absolute Gasteiger partial charge is 0.121 e. The predicted octanol–water partition coefficient (Wildman–Crippen LogP) is 2.70. The van der Waals surface area contributed by atoms with Gasteiger partial charge in [-0.25, -0.2) is 4.52 Å². The third-order valence-corrected chi connectivity index (χ3v) is 5.17. The lowest BCUT2D eigenvalue weighted by molar-refractivity contribution is -0.0343. The summed E-state index contributed by atoms with van der Waals surface area (Å²) in [4.78, 5) is 2.38. The lowest BCUT2D eigenvalue weighted by Crippen LogP contribution is -2.38.